The maximum absolute atomic E-state index is 11.8. The van der Waals surface area contributed by atoms with Gasteiger partial charge in [-0.1, -0.05) is 0 Å². The molecule has 20 heavy (non-hydrogen) atoms. The Labute approximate surface area is 121 Å². The minimum Gasteiger partial charge on any atom is -0.354 e. The van der Waals surface area contributed by atoms with Crippen LogP contribution in [0, 0.1) is 17.2 Å². The lowest BCUT2D eigenvalue weighted by atomic mass is 9.90. The van der Waals surface area contributed by atoms with Gasteiger partial charge in [-0.2, -0.15) is 5.26 Å². The topological polar surface area (TPSA) is 68.2 Å². The Morgan fingerprint density at radius 1 is 1.60 bits per heavy atom. The number of carbonyl (C=O) groups is 1. The van der Waals surface area contributed by atoms with Crippen molar-refractivity contribution in [3.63, 3.8) is 0 Å². The fourth-order valence-electron chi connectivity index (χ4n) is 3.48. The third kappa shape index (κ3) is 3.31. The third-order valence-electron chi connectivity index (χ3n) is 4.47. The second-order valence-corrected chi connectivity index (χ2v) is 6.59. The molecule has 0 spiro atoms. The summed E-state index contributed by atoms with van der Waals surface area (Å²) in [5, 5.41) is 15.7. The summed E-state index contributed by atoms with van der Waals surface area (Å²) in [7, 11) is 0. The van der Waals surface area contributed by atoms with E-state index in [-0.39, 0.29) is 11.8 Å². The van der Waals surface area contributed by atoms with Crippen LogP contribution in [0.25, 0.3) is 0 Å². The normalized spacial score (nSPS) is 29.6. The molecule has 0 aromatic rings. The molecule has 112 valence electrons. The largest absolute Gasteiger partial charge is 0.354 e. The zero-order valence-electron chi connectivity index (χ0n) is 12.8. The monoisotopic (exact) mass is 278 g/mol. The first-order valence-electron chi connectivity index (χ1n) is 7.66. The van der Waals surface area contributed by atoms with E-state index in [2.05, 4.69) is 35.5 Å². The Hall–Kier alpha value is -1.12. The number of piperidine rings is 1. The van der Waals surface area contributed by atoms with Crippen molar-refractivity contribution in [3.8, 4) is 6.07 Å². The summed E-state index contributed by atoms with van der Waals surface area (Å²) < 4.78 is 0. The predicted octanol–water partition coefficient (Wildman–Crippen LogP) is 0.867. The quantitative estimate of drug-likeness (QED) is 0.783. The smallest absolute Gasteiger partial charge is 0.224 e. The van der Waals surface area contributed by atoms with Crippen LogP contribution < -0.4 is 10.6 Å². The maximum atomic E-state index is 11.8. The first-order valence-corrected chi connectivity index (χ1v) is 7.66. The number of fused-ring (bicyclic) bond motifs is 1. The summed E-state index contributed by atoms with van der Waals surface area (Å²) in [5.74, 6) is 0.373. The van der Waals surface area contributed by atoms with E-state index in [4.69, 9.17) is 0 Å². The average molecular weight is 278 g/mol. The molecule has 2 fully saturated rings. The van der Waals surface area contributed by atoms with Crippen LogP contribution in [0.5, 0.6) is 0 Å². The minimum absolute atomic E-state index is 0.162. The Bertz CT molecular complexity index is 403. The number of hydrogen-bond donors (Lipinski definition) is 2. The summed E-state index contributed by atoms with van der Waals surface area (Å²) in [6, 6.07) is 3.02. The second-order valence-electron chi connectivity index (χ2n) is 6.59. The van der Waals surface area contributed by atoms with Crippen LogP contribution in [0.2, 0.25) is 0 Å². The molecule has 0 aromatic carbocycles. The Kier molecular flexibility index (Phi) is 4.66. The fourth-order valence-corrected chi connectivity index (χ4v) is 3.48. The highest BCUT2D eigenvalue weighted by atomic mass is 16.2. The van der Waals surface area contributed by atoms with Gasteiger partial charge in [0.25, 0.3) is 0 Å². The van der Waals surface area contributed by atoms with Gasteiger partial charge in [0.1, 0.15) is 5.54 Å². The van der Waals surface area contributed by atoms with E-state index in [0.29, 0.717) is 12.1 Å². The van der Waals surface area contributed by atoms with Crippen molar-refractivity contribution in [2.75, 3.05) is 19.6 Å². The standard InChI is InChI=1S/C15H26N4O/c1-11(2)18-15(3,10-16)6-8-19-7-4-5-12-13(19)9-17-14(12)20/h11-13,18H,4-9H2,1-3H3,(H,17,20). The highest BCUT2D eigenvalue weighted by Crippen LogP contribution is 2.28. The van der Waals surface area contributed by atoms with E-state index >= 15 is 0 Å². The molecular weight excluding hydrogens is 252 g/mol. The van der Waals surface area contributed by atoms with E-state index in [0.717, 1.165) is 38.9 Å². The van der Waals surface area contributed by atoms with Gasteiger partial charge in [-0.05, 0) is 46.6 Å². The van der Waals surface area contributed by atoms with Gasteiger partial charge in [-0.25, -0.2) is 0 Å². The number of amides is 1. The van der Waals surface area contributed by atoms with Crippen molar-refractivity contribution >= 4 is 5.91 Å². The molecule has 2 saturated heterocycles. The van der Waals surface area contributed by atoms with E-state index in [1.54, 1.807) is 0 Å². The van der Waals surface area contributed by atoms with Crippen LogP contribution in [0.1, 0.15) is 40.0 Å². The summed E-state index contributed by atoms with van der Waals surface area (Å²) in [4.78, 5) is 14.1. The van der Waals surface area contributed by atoms with Crippen molar-refractivity contribution in [1.82, 2.24) is 15.5 Å². The molecular formula is C15H26N4O. The zero-order valence-corrected chi connectivity index (χ0v) is 12.8. The van der Waals surface area contributed by atoms with E-state index in [1.807, 2.05) is 6.92 Å². The summed E-state index contributed by atoms with van der Waals surface area (Å²) in [6.07, 6.45) is 2.88. The summed E-state index contributed by atoms with van der Waals surface area (Å²) in [5.41, 5.74) is -0.489. The molecule has 0 aliphatic carbocycles. The molecule has 2 aliphatic heterocycles. The van der Waals surface area contributed by atoms with Gasteiger partial charge < -0.3 is 5.32 Å². The third-order valence-corrected chi connectivity index (χ3v) is 4.47. The molecule has 3 unspecified atom stereocenters. The van der Waals surface area contributed by atoms with Crippen LogP contribution in [-0.4, -0.2) is 48.1 Å². The Morgan fingerprint density at radius 3 is 3.00 bits per heavy atom. The number of likely N-dealkylation sites (tertiary alicyclic amines) is 1. The SMILES string of the molecule is CC(C)NC(C)(C#N)CCN1CCCC2C(=O)NCC21. The van der Waals surface area contributed by atoms with Crippen LogP contribution in [0.15, 0.2) is 0 Å². The number of hydrogen-bond acceptors (Lipinski definition) is 4. The highest BCUT2D eigenvalue weighted by molar-refractivity contribution is 5.82. The Balaban J connectivity index is 1.93. The number of nitrogens with zero attached hydrogens (tertiary/aromatic N) is 2. The van der Waals surface area contributed by atoms with Crippen molar-refractivity contribution in [2.45, 2.75) is 57.7 Å². The van der Waals surface area contributed by atoms with Gasteiger partial charge >= 0.3 is 0 Å². The molecule has 5 nitrogen and oxygen atoms in total. The lowest BCUT2D eigenvalue weighted by Gasteiger charge is -2.37. The second kappa shape index (κ2) is 6.11. The molecule has 2 rings (SSSR count). The molecule has 0 bridgehead atoms. The number of carbonyl (C=O) groups excluding carboxylic acids is 1. The predicted molar refractivity (Wildman–Crippen MR) is 78.0 cm³/mol. The summed E-state index contributed by atoms with van der Waals surface area (Å²) in [6.45, 7) is 8.77. The number of nitriles is 1. The van der Waals surface area contributed by atoms with Crippen molar-refractivity contribution < 1.29 is 4.79 Å². The van der Waals surface area contributed by atoms with Gasteiger partial charge in [-0.15, -0.1) is 0 Å². The van der Waals surface area contributed by atoms with Crippen molar-refractivity contribution in [2.24, 2.45) is 5.92 Å². The van der Waals surface area contributed by atoms with Gasteiger partial charge in [0.15, 0.2) is 0 Å². The number of nitrogens with one attached hydrogen (secondary N) is 2. The molecule has 0 aromatic heterocycles. The highest BCUT2D eigenvalue weighted by Gasteiger charge is 2.41. The molecule has 0 saturated carbocycles. The maximum Gasteiger partial charge on any atom is 0.224 e. The molecule has 3 atom stereocenters. The molecule has 2 aliphatic rings. The first kappa shape index (κ1) is 15.3. The molecule has 2 heterocycles. The van der Waals surface area contributed by atoms with Crippen LogP contribution in [0.4, 0.5) is 0 Å². The van der Waals surface area contributed by atoms with Crippen LogP contribution in [0.3, 0.4) is 0 Å². The fraction of sp³-hybridized carbons (Fsp3) is 0.867. The molecule has 1 amide bonds. The van der Waals surface area contributed by atoms with Crippen LogP contribution >= 0.6 is 0 Å². The molecule has 5 heteroatoms. The van der Waals surface area contributed by atoms with E-state index < -0.39 is 5.54 Å². The van der Waals surface area contributed by atoms with Gasteiger partial charge in [0.05, 0.1) is 12.0 Å². The van der Waals surface area contributed by atoms with E-state index in [1.165, 1.54) is 0 Å². The first-order chi connectivity index (χ1) is 9.45. The lowest BCUT2D eigenvalue weighted by molar-refractivity contribution is -0.124. The lowest BCUT2D eigenvalue weighted by Crippen LogP contribution is -2.51. The van der Waals surface area contributed by atoms with Gasteiger partial charge in [-0.3, -0.25) is 15.0 Å². The molecule has 2 N–H and O–H groups in total. The minimum atomic E-state index is -0.489. The molecule has 0 radical (unpaired) electrons. The Morgan fingerprint density at radius 2 is 2.35 bits per heavy atom. The van der Waals surface area contributed by atoms with Crippen LogP contribution in [-0.2, 0) is 4.79 Å². The van der Waals surface area contributed by atoms with Crippen molar-refractivity contribution in [1.29, 1.82) is 5.26 Å². The summed E-state index contributed by atoms with van der Waals surface area (Å²) >= 11 is 0. The van der Waals surface area contributed by atoms with Gasteiger partial charge in [0.2, 0.25) is 5.91 Å². The average Bonchev–Trinajstić information content (AvgIpc) is 2.78. The van der Waals surface area contributed by atoms with Crippen molar-refractivity contribution in [3.05, 3.63) is 0 Å². The number of rotatable bonds is 5. The van der Waals surface area contributed by atoms with E-state index in [9.17, 15) is 10.1 Å². The zero-order chi connectivity index (χ0) is 14.8. The van der Waals surface area contributed by atoms with Gasteiger partial charge in [0, 0.05) is 25.2 Å².